The average Bonchev–Trinajstić information content (AvgIpc) is 2.35. The van der Waals surface area contributed by atoms with Crippen LogP contribution in [0.1, 0.15) is 31.7 Å². The van der Waals surface area contributed by atoms with Crippen LogP contribution in [0.15, 0.2) is 30.3 Å². The maximum Gasteiger partial charge on any atom is 0.137 e. The Labute approximate surface area is 124 Å². The van der Waals surface area contributed by atoms with E-state index in [2.05, 4.69) is 12.2 Å². The molecule has 0 saturated heterocycles. The molecular formula is C16H19N3S. The summed E-state index contributed by atoms with van der Waals surface area (Å²) in [6, 6.07) is 10.5. The molecule has 20 heavy (non-hydrogen) atoms. The molecule has 1 heterocycles. The van der Waals surface area contributed by atoms with Gasteiger partial charge in [-0.2, -0.15) is 0 Å². The molecule has 1 saturated carbocycles. The molecule has 3 N–H and O–H groups in total. The Kier molecular flexibility index (Phi) is 3.57. The maximum absolute atomic E-state index is 5.86. The fraction of sp³-hybridized carbons (Fsp3) is 0.375. The molecule has 0 radical (unpaired) electrons. The Balaban J connectivity index is 1.98. The molecule has 104 valence electrons. The summed E-state index contributed by atoms with van der Waals surface area (Å²) < 4.78 is 0. The summed E-state index contributed by atoms with van der Waals surface area (Å²) in [6.45, 7) is 2.21. The van der Waals surface area contributed by atoms with Gasteiger partial charge in [-0.25, -0.2) is 4.98 Å². The lowest BCUT2D eigenvalue weighted by Gasteiger charge is -2.32. The van der Waals surface area contributed by atoms with Crippen molar-refractivity contribution in [3.8, 4) is 0 Å². The van der Waals surface area contributed by atoms with Crippen molar-refractivity contribution < 1.29 is 0 Å². The molecule has 3 rings (SSSR count). The van der Waals surface area contributed by atoms with Crippen LogP contribution in [0.5, 0.6) is 0 Å². The van der Waals surface area contributed by atoms with Crippen LogP contribution in [-0.4, -0.2) is 16.0 Å². The van der Waals surface area contributed by atoms with E-state index in [1.807, 2.05) is 30.3 Å². The van der Waals surface area contributed by atoms with Gasteiger partial charge in [-0.3, -0.25) is 0 Å². The van der Waals surface area contributed by atoms with Crippen LogP contribution in [-0.2, 0) is 0 Å². The molecular weight excluding hydrogens is 266 g/mol. The van der Waals surface area contributed by atoms with Crippen molar-refractivity contribution in [3.63, 3.8) is 0 Å². The van der Waals surface area contributed by atoms with Crippen LogP contribution >= 0.6 is 12.2 Å². The first kappa shape index (κ1) is 13.3. The zero-order chi connectivity index (χ0) is 14.1. The first-order chi connectivity index (χ1) is 9.65. The predicted octanol–water partition coefficient (Wildman–Crippen LogP) is 3.47. The normalized spacial score (nSPS) is 16.6. The highest BCUT2D eigenvalue weighted by molar-refractivity contribution is 7.80. The lowest BCUT2D eigenvalue weighted by Crippen LogP contribution is -2.32. The summed E-state index contributed by atoms with van der Waals surface area (Å²) in [7, 11) is 0. The molecule has 1 aliphatic rings. The summed E-state index contributed by atoms with van der Waals surface area (Å²) in [5, 5.41) is 4.57. The summed E-state index contributed by atoms with van der Waals surface area (Å²) in [5.74, 6) is 1.55. The summed E-state index contributed by atoms with van der Waals surface area (Å²) in [6.07, 6.45) is 3.93. The zero-order valence-corrected chi connectivity index (χ0v) is 12.4. The molecule has 1 aliphatic carbocycles. The van der Waals surface area contributed by atoms with Crippen LogP contribution in [0.4, 0.5) is 5.82 Å². The molecule has 0 amide bonds. The second-order valence-electron chi connectivity index (χ2n) is 5.57. The number of aromatic nitrogens is 1. The maximum atomic E-state index is 5.86. The van der Waals surface area contributed by atoms with Gasteiger partial charge in [0.15, 0.2) is 0 Å². The Morgan fingerprint density at radius 3 is 2.80 bits per heavy atom. The van der Waals surface area contributed by atoms with Crippen LogP contribution < -0.4 is 11.1 Å². The Morgan fingerprint density at radius 1 is 1.40 bits per heavy atom. The summed E-state index contributed by atoms with van der Waals surface area (Å²) >= 11 is 5.17. The number of fused-ring (bicyclic) bond motifs is 1. The van der Waals surface area contributed by atoms with Gasteiger partial charge >= 0.3 is 0 Å². The van der Waals surface area contributed by atoms with E-state index in [-0.39, 0.29) is 0 Å². The van der Waals surface area contributed by atoms with E-state index in [0.29, 0.717) is 11.0 Å². The van der Waals surface area contributed by atoms with Gasteiger partial charge in [-0.05, 0) is 37.8 Å². The topological polar surface area (TPSA) is 50.9 Å². The number of nitrogens with two attached hydrogens (primary N) is 1. The minimum atomic E-state index is 0.395. The lowest BCUT2D eigenvalue weighted by molar-refractivity contribution is 0.285. The third-order valence-corrected chi connectivity index (χ3v) is 4.43. The van der Waals surface area contributed by atoms with Gasteiger partial charge in [0, 0.05) is 11.4 Å². The fourth-order valence-electron chi connectivity index (χ4n) is 2.69. The van der Waals surface area contributed by atoms with Crippen LogP contribution in [0.25, 0.3) is 10.9 Å². The molecule has 2 aromatic rings. The van der Waals surface area contributed by atoms with Gasteiger partial charge < -0.3 is 11.1 Å². The molecule has 1 aromatic heterocycles. The number of rotatable bonds is 4. The van der Waals surface area contributed by atoms with Crippen molar-refractivity contribution in [2.45, 2.75) is 32.2 Å². The summed E-state index contributed by atoms with van der Waals surface area (Å²) in [5.41, 5.74) is 7.66. The fourth-order valence-corrected chi connectivity index (χ4v) is 2.84. The molecule has 4 heteroatoms. The van der Waals surface area contributed by atoms with Gasteiger partial charge in [0.25, 0.3) is 0 Å². The molecule has 1 unspecified atom stereocenters. The highest BCUT2D eigenvalue weighted by Crippen LogP contribution is 2.31. The number of nitrogens with one attached hydrogen (secondary N) is 1. The molecule has 0 bridgehead atoms. The van der Waals surface area contributed by atoms with Crippen molar-refractivity contribution in [1.82, 2.24) is 4.98 Å². The number of pyridine rings is 1. The van der Waals surface area contributed by atoms with Crippen molar-refractivity contribution in [3.05, 3.63) is 35.9 Å². The molecule has 1 fully saturated rings. The number of hydrogen-bond donors (Lipinski definition) is 2. The second-order valence-corrected chi connectivity index (χ2v) is 6.01. The SMILES string of the molecule is CC(Nc1nc2ccccc2cc1C(N)=S)C1CCC1. The van der Waals surface area contributed by atoms with Gasteiger partial charge in [-0.15, -0.1) is 0 Å². The lowest BCUT2D eigenvalue weighted by atomic mass is 9.80. The molecule has 0 spiro atoms. The highest BCUT2D eigenvalue weighted by atomic mass is 32.1. The third-order valence-electron chi connectivity index (χ3n) is 4.21. The average molecular weight is 285 g/mol. The van der Waals surface area contributed by atoms with Crippen molar-refractivity contribution in [2.24, 2.45) is 11.7 Å². The van der Waals surface area contributed by atoms with E-state index in [0.717, 1.165) is 28.2 Å². The first-order valence-corrected chi connectivity index (χ1v) is 7.52. The largest absolute Gasteiger partial charge is 0.389 e. The minimum absolute atomic E-state index is 0.395. The number of anilines is 1. The minimum Gasteiger partial charge on any atom is -0.389 e. The molecule has 3 nitrogen and oxygen atoms in total. The van der Waals surface area contributed by atoms with Gasteiger partial charge in [0.05, 0.1) is 11.1 Å². The summed E-state index contributed by atoms with van der Waals surface area (Å²) in [4.78, 5) is 5.09. The predicted molar refractivity (Wildman–Crippen MR) is 88.1 cm³/mol. The Hall–Kier alpha value is -1.68. The van der Waals surface area contributed by atoms with E-state index in [1.165, 1.54) is 19.3 Å². The smallest absolute Gasteiger partial charge is 0.137 e. The van der Waals surface area contributed by atoms with Crippen LogP contribution in [0.2, 0.25) is 0 Å². The van der Waals surface area contributed by atoms with Crippen molar-refractivity contribution in [1.29, 1.82) is 0 Å². The quantitative estimate of drug-likeness (QED) is 0.845. The monoisotopic (exact) mass is 285 g/mol. The number of para-hydroxylation sites is 1. The van der Waals surface area contributed by atoms with E-state index in [4.69, 9.17) is 22.9 Å². The van der Waals surface area contributed by atoms with Crippen molar-refractivity contribution >= 4 is 33.9 Å². The van der Waals surface area contributed by atoms with E-state index in [1.54, 1.807) is 0 Å². The van der Waals surface area contributed by atoms with Gasteiger partial charge in [-0.1, -0.05) is 36.8 Å². The Bertz CT molecular complexity index is 649. The molecule has 1 atom stereocenters. The van der Waals surface area contributed by atoms with Gasteiger partial charge in [0.1, 0.15) is 10.8 Å². The first-order valence-electron chi connectivity index (χ1n) is 7.11. The van der Waals surface area contributed by atoms with Crippen molar-refractivity contribution in [2.75, 3.05) is 5.32 Å². The van der Waals surface area contributed by atoms with E-state index >= 15 is 0 Å². The molecule has 0 aliphatic heterocycles. The standard InChI is InChI=1S/C16H19N3S/c1-10(11-6-4-7-11)18-16-13(15(17)20)9-12-5-2-3-8-14(12)19-16/h2-3,5,8-11H,4,6-7H2,1H3,(H2,17,20)(H,18,19). The number of benzene rings is 1. The van der Waals surface area contributed by atoms with Crippen LogP contribution in [0, 0.1) is 5.92 Å². The second kappa shape index (κ2) is 5.37. The van der Waals surface area contributed by atoms with E-state index < -0.39 is 0 Å². The number of hydrogen-bond acceptors (Lipinski definition) is 3. The number of thiocarbonyl (C=S) groups is 1. The number of nitrogens with zero attached hydrogens (tertiary/aromatic N) is 1. The van der Waals surface area contributed by atoms with E-state index in [9.17, 15) is 0 Å². The Morgan fingerprint density at radius 2 is 2.15 bits per heavy atom. The zero-order valence-electron chi connectivity index (χ0n) is 11.6. The molecule has 1 aromatic carbocycles. The third kappa shape index (κ3) is 2.48. The highest BCUT2D eigenvalue weighted by Gasteiger charge is 2.24. The van der Waals surface area contributed by atoms with Crippen LogP contribution in [0.3, 0.4) is 0 Å². The van der Waals surface area contributed by atoms with Gasteiger partial charge in [0.2, 0.25) is 0 Å².